The fourth-order valence-electron chi connectivity index (χ4n) is 3.03. The van der Waals surface area contributed by atoms with Gasteiger partial charge in [-0.15, -0.1) is 5.10 Å². The van der Waals surface area contributed by atoms with Gasteiger partial charge in [0.2, 0.25) is 5.91 Å². The Kier molecular flexibility index (Phi) is 5.24. The highest BCUT2D eigenvalue weighted by Gasteiger charge is 2.16. The van der Waals surface area contributed by atoms with Crippen LogP contribution in [0.15, 0.2) is 75.0 Å². The lowest BCUT2D eigenvalue weighted by Gasteiger charge is -2.07. The Bertz CT molecular complexity index is 1370. The molecule has 6 nitrogen and oxygen atoms in total. The number of rotatable bonds is 5. The summed E-state index contributed by atoms with van der Waals surface area (Å²) in [4.78, 5) is 21.9. The summed E-state index contributed by atoms with van der Waals surface area (Å²) < 4.78 is 2.64. The van der Waals surface area contributed by atoms with Crippen LogP contribution in [0.3, 0.4) is 0 Å². The van der Waals surface area contributed by atoms with Crippen molar-refractivity contribution in [2.24, 2.45) is 0 Å². The van der Waals surface area contributed by atoms with Gasteiger partial charge in [0.05, 0.1) is 11.3 Å². The van der Waals surface area contributed by atoms with Crippen molar-refractivity contribution in [1.29, 1.82) is 0 Å². The number of hydrogen-bond acceptors (Lipinski definition) is 6. The minimum atomic E-state index is -0.112. The van der Waals surface area contributed by atoms with E-state index in [0.717, 1.165) is 32.3 Å². The molecule has 0 atom stereocenters. The van der Waals surface area contributed by atoms with Gasteiger partial charge >= 0.3 is 0 Å². The van der Waals surface area contributed by atoms with Crippen LogP contribution in [0.2, 0.25) is 0 Å². The van der Waals surface area contributed by atoms with Crippen LogP contribution in [0.25, 0.3) is 27.9 Å². The molecule has 0 aliphatic rings. The number of nitrogens with one attached hydrogen (secondary N) is 1. The van der Waals surface area contributed by atoms with Crippen molar-refractivity contribution >= 4 is 67.2 Å². The molecule has 0 fully saturated rings. The number of anilines is 1. The molecule has 0 saturated heterocycles. The number of fused-ring (bicyclic) bond motifs is 3. The molecule has 0 saturated carbocycles. The SMILES string of the molecule is O=C(CSc1nc2ccccc2c2nc(-c3ccsc3)nn12)Nc1cccc(Br)c1. The lowest BCUT2D eigenvalue weighted by atomic mass is 10.2. The number of para-hydroxylation sites is 1. The maximum atomic E-state index is 12.5. The summed E-state index contributed by atoms with van der Waals surface area (Å²) in [7, 11) is 0. The normalized spacial score (nSPS) is 11.2. The summed E-state index contributed by atoms with van der Waals surface area (Å²) >= 11 is 6.35. The zero-order chi connectivity index (χ0) is 20.5. The third-order valence-corrected chi connectivity index (χ3v) is 6.47. The molecule has 5 rings (SSSR count). The molecule has 148 valence electrons. The molecule has 1 amide bonds. The maximum absolute atomic E-state index is 12.5. The summed E-state index contributed by atoms with van der Waals surface area (Å²) in [5.41, 5.74) is 3.27. The van der Waals surface area contributed by atoms with Crippen LogP contribution in [0.4, 0.5) is 5.69 Å². The number of aromatic nitrogens is 4. The van der Waals surface area contributed by atoms with E-state index in [1.165, 1.54) is 11.8 Å². The van der Waals surface area contributed by atoms with Crippen LogP contribution in [-0.2, 0) is 4.79 Å². The first kappa shape index (κ1) is 19.2. The predicted molar refractivity (Wildman–Crippen MR) is 125 cm³/mol. The van der Waals surface area contributed by atoms with Crippen LogP contribution in [0, 0.1) is 0 Å². The number of thiophene rings is 1. The third-order valence-electron chi connectivity index (χ3n) is 4.37. The van der Waals surface area contributed by atoms with E-state index in [1.54, 1.807) is 15.9 Å². The second-order valence-electron chi connectivity index (χ2n) is 6.44. The van der Waals surface area contributed by atoms with E-state index in [2.05, 4.69) is 26.3 Å². The van der Waals surface area contributed by atoms with E-state index in [0.29, 0.717) is 11.0 Å². The first-order valence-electron chi connectivity index (χ1n) is 9.04. The van der Waals surface area contributed by atoms with E-state index >= 15 is 0 Å². The molecule has 0 radical (unpaired) electrons. The fraction of sp³-hybridized carbons (Fsp3) is 0.0476. The summed E-state index contributed by atoms with van der Waals surface area (Å²) in [6.07, 6.45) is 0. The molecule has 0 spiro atoms. The van der Waals surface area contributed by atoms with E-state index in [9.17, 15) is 4.79 Å². The molecule has 1 N–H and O–H groups in total. The van der Waals surface area contributed by atoms with Crippen LogP contribution in [-0.4, -0.2) is 31.2 Å². The number of carbonyl (C=O) groups is 1. The Hall–Kier alpha value is -2.75. The van der Waals surface area contributed by atoms with E-state index < -0.39 is 0 Å². The van der Waals surface area contributed by atoms with Gasteiger partial charge in [-0.1, -0.05) is 45.9 Å². The van der Waals surface area contributed by atoms with E-state index in [1.807, 2.05) is 65.4 Å². The van der Waals surface area contributed by atoms with Crippen LogP contribution in [0.1, 0.15) is 0 Å². The van der Waals surface area contributed by atoms with Crippen LogP contribution < -0.4 is 5.32 Å². The van der Waals surface area contributed by atoms with Gasteiger partial charge in [-0.2, -0.15) is 15.9 Å². The first-order chi connectivity index (χ1) is 14.7. The minimum Gasteiger partial charge on any atom is -0.325 e. The molecular weight excluding hydrogens is 482 g/mol. The highest BCUT2D eigenvalue weighted by Crippen LogP contribution is 2.27. The number of benzene rings is 2. The minimum absolute atomic E-state index is 0.112. The largest absolute Gasteiger partial charge is 0.325 e. The van der Waals surface area contributed by atoms with Gasteiger partial charge in [-0.05, 0) is 41.8 Å². The third kappa shape index (κ3) is 3.83. The smallest absolute Gasteiger partial charge is 0.234 e. The fourth-order valence-corrected chi connectivity index (χ4v) is 4.81. The van der Waals surface area contributed by atoms with Gasteiger partial charge in [0, 0.05) is 26.5 Å². The van der Waals surface area contributed by atoms with Crippen LogP contribution in [0.5, 0.6) is 0 Å². The Balaban J connectivity index is 1.47. The van der Waals surface area contributed by atoms with Gasteiger partial charge in [-0.3, -0.25) is 4.79 Å². The van der Waals surface area contributed by atoms with Crippen molar-refractivity contribution < 1.29 is 4.79 Å². The predicted octanol–water partition coefficient (Wildman–Crippen LogP) is 5.50. The zero-order valence-electron chi connectivity index (χ0n) is 15.4. The quantitative estimate of drug-likeness (QED) is 0.257. The molecule has 30 heavy (non-hydrogen) atoms. The van der Waals surface area contributed by atoms with E-state index in [4.69, 9.17) is 9.97 Å². The number of hydrogen-bond donors (Lipinski definition) is 1. The monoisotopic (exact) mass is 495 g/mol. The highest BCUT2D eigenvalue weighted by molar-refractivity contribution is 9.10. The molecule has 2 aromatic carbocycles. The summed E-state index contributed by atoms with van der Waals surface area (Å²) in [6.45, 7) is 0. The van der Waals surface area contributed by atoms with Gasteiger partial charge in [0.15, 0.2) is 16.6 Å². The lowest BCUT2D eigenvalue weighted by molar-refractivity contribution is -0.113. The molecule has 0 bridgehead atoms. The Morgan fingerprint density at radius 1 is 1.13 bits per heavy atom. The van der Waals surface area contributed by atoms with Gasteiger partial charge in [-0.25, -0.2) is 9.97 Å². The average Bonchev–Trinajstić information content (AvgIpc) is 3.42. The topological polar surface area (TPSA) is 72.2 Å². The summed E-state index contributed by atoms with van der Waals surface area (Å²) in [6, 6.07) is 17.3. The molecular formula is C21H14BrN5OS2. The second kappa shape index (κ2) is 8.17. The highest BCUT2D eigenvalue weighted by atomic mass is 79.9. The van der Waals surface area contributed by atoms with Crippen LogP contribution >= 0.6 is 39.0 Å². The van der Waals surface area contributed by atoms with Crippen molar-refractivity contribution in [3.8, 4) is 11.4 Å². The summed E-state index contributed by atoms with van der Waals surface area (Å²) in [5, 5.41) is 13.1. The molecule has 0 unspecified atom stereocenters. The average molecular weight is 496 g/mol. The molecule has 9 heteroatoms. The van der Waals surface area contributed by atoms with Gasteiger partial charge in [0.25, 0.3) is 0 Å². The first-order valence-corrected chi connectivity index (χ1v) is 11.8. The molecule has 5 aromatic rings. The Morgan fingerprint density at radius 3 is 2.87 bits per heavy atom. The van der Waals surface area contributed by atoms with Crippen molar-refractivity contribution in [1.82, 2.24) is 19.6 Å². The van der Waals surface area contributed by atoms with Crippen molar-refractivity contribution in [3.05, 3.63) is 69.8 Å². The van der Waals surface area contributed by atoms with Gasteiger partial charge in [0.1, 0.15) is 0 Å². The Labute approximate surface area is 188 Å². The molecule has 0 aliphatic heterocycles. The molecule has 0 aliphatic carbocycles. The van der Waals surface area contributed by atoms with Crippen molar-refractivity contribution in [2.45, 2.75) is 5.16 Å². The molecule has 3 heterocycles. The summed E-state index contributed by atoms with van der Waals surface area (Å²) in [5.74, 6) is 0.745. The number of halogens is 1. The Morgan fingerprint density at radius 2 is 2.03 bits per heavy atom. The number of nitrogens with zero attached hydrogens (tertiary/aromatic N) is 4. The molecule has 3 aromatic heterocycles. The second-order valence-corrected chi connectivity index (χ2v) is 9.08. The number of amides is 1. The number of thioether (sulfide) groups is 1. The maximum Gasteiger partial charge on any atom is 0.234 e. The lowest BCUT2D eigenvalue weighted by Crippen LogP contribution is -2.14. The van der Waals surface area contributed by atoms with E-state index in [-0.39, 0.29) is 11.7 Å². The standard InChI is InChI=1S/C21H14BrN5OS2/c22-14-4-3-5-15(10-14)23-18(28)12-30-21-24-17-7-2-1-6-16(17)20-25-19(26-27(20)21)13-8-9-29-11-13/h1-11H,12H2,(H,23,28). The number of carbonyl (C=O) groups excluding carboxylic acids is 1. The van der Waals surface area contributed by atoms with Gasteiger partial charge < -0.3 is 5.32 Å². The zero-order valence-corrected chi connectivity index (χ0v) is 18.7. The van der Waals surface area contributed by atoms with Crippen molar-refractivity contribution in [3.63, 3.8) is 0 Å². The van der Waals surface area contributed by atoms with Crippen molar-refractivity contribution in [2.75, 3.05) is 11.1 Å².